The summed E-state index contributed by atoms with van der Waals surface area (Å²) in [6, 6.07) is 58.5. The van der Waals surface area contributed by atoms with Crippen LogP contribution in [0.1, 0.15) is 11.1 Å². The minimum absolute atomic E-state index is 0.254. The molecule has 49 heavy (non-hydrogen) atoms. The highest BCUT2D eigenvalue weighted by Gasteiger charge is 2.44. The van der Waals surface area contributed by atoms with Crippen LogP contribution < -0.4 is 26.0 Å². The third kappa shape index (κ3) is 4.45. The van der Waals surface area contributed by atoms with E-state index in [2.05, 4.69) is 114 Å². The summed E-state index contributed by atoms with van der Waals surface area (Å²) >= 11 is 0. The van der Waals surface area contributed by atoms with Gasteiger partial charge in [-0.15, -0.1) is 0 Å². The van der Waals surface area contributed by atoms with Crippen LogP contribution in [0.25, 0.3) is 33.4 Å². The maximum atomic E-state index is 10.8. The topological polar surface area (TPSA) is 60.0 Å². The van der Waals surface area contributed by atoms with E-state index in [9.17, 15) is 10.5 Å². The van der Waals surface area contributed by atoms with Crippen molar-refractivity contribution in [3.63, 3.8) is 0 Å². The van der Waals surface area contributed by atoms with Crippen molar-refractivity contribution in [2.45, 2.75) is 0 Å². The summed E-state index contributed by atoms with van der Waals surface area (Å²) in [6.07, 6.45) is 0. The summed E-state index contributed by atoms with van der Waals surface area (Å²) in [6.45, 7) is -0.254. The molecular formula is C44H26BN3O. The quantitative estimate of drug-likeness (QED) is 0.184. The van der Waals surface area contributed by atoms with E-state index < -0.39 is 0 Å². The van der Waals surface area contributed by atoms with Crippen molar-refractivity contribution in [2.24, 2.45) is 0 Å². The van der Waals surface area contributed by atoms with Gasteiger partial charge in [0.2, 0.25) is 0 Å². The van der Waals surface area contributed by atoms with Gasteiger partial charge in [0.05, 0.1) is 22.5 Å². The van der Waals surface area contributed by atoms with Crippen molar-refractivity contribution in [3.8, 4) is 57.0 Å². The molecule has 0 atom stereocenters. The number of hydrogen-bond donors (Lipinski definition) is 0. The third-order valence-corrected chi connectivity index (χ3v) is 9.60. The number of para-hydroxylation sites is 3. The molecule has 0 unspecified atom stereocenters. The first-order valence-electron chi connectivity index (χ1n) is 16.3. The average Bonchev–Trinajstić information content (AvgIpc) is 3.18. The molecule has 0 saturated carbocycles. The Hall–Kier alpha value is -6.82. The summed E-state index contributed by atoms with van der Waals surface area (Å²) < 4.78 is 6.78. The lowest BCUT2D eigenvalue weighted by molar-refractivity contribution is 0.486. The molecular weight excluding hydrogens is 597 g/mol. The molecule has 4 nitrogen and oxygen atoms in total. The SMILES string of the molecule is N#Cc1cccc2c1Oc1cc(-c3ccccc3)cc3c1B2c1cccc(C#N)c1N3c1c(-c2ccccc2)cccc1-c1ccccc1. The Balaban J connectivity index is 1.45. The van der Waals surface area contributed by atoms with E-state index >= 15 is 0 Å². The Morgan fingerprint density at radius 3 is 1.65 bits per heavy atom. The van der Waals surface area contributed by atoms with Gasteiger partial charge in [-0.2, -0.15) is 10.5 Å². The zero-order valence-electron chi connectivity index (χ0n) is 26.3. The lowest BCUT2D eigenvalue weighted by Crippen LogP contribution is -2.60. The van der Waals surface area contributed by atoms with Gasteiger partial charge in [0, 0.05) is 16.8 Å². The predicted octanol–water partition coefficient (Wildman–Crippen LogP) is 8.84. The van der Waals surface area contributed by atoms with Gasteiger partial charge in [0.25, 0.3) is 6.71 Å². The molecule has 0 aliphatic carbocycles. The van der Waals surface area contributed by atoms with Crippen LogP contribution in [0.15, 0.2) is 158 Å². The first-order chi connectivity index (χ1) is 24.2. The van der Waals surface area contributed by atoms with Crippen molar-refractivity contribution in [1.82, 2.24) is 0 Å². The summed E-state index contributed by atoms with van der Waals surface area (Å²) in [5, 5.41) is 20.9. The fourth-order valence-electron chi connectivity index (χ4n) is 7.51. The second kappa shape index (κ2) is 11.5. The molecule has 0 saturated heterocycles. The number of fused-ring (bicyclic) bond motifs is 4. The molecule has 0 aromatic heterocycles. The molecule has 9 rings (SSSR count). The zero-order chi connectivity index (χ0) is 32.9. The minimum atomic E-state index is -0.254. The van der Waals surface area contributed by atoms with Gasteiger partial charge in [-0.1, -0.05) is 133 Å². The standard InChI is InChI=1S/C44H26BN3O/c46-27-32-19-10-23-37-42(32)48(43-35(30-15-6-2-7-16-30)21-12-22-36(43)31-17-8-3-9-18-31)39-25-34(29-13-4-1-5-14-29)26-40-41(39)45(37)38-24-11-20-33(28-47)44(38)49-40/h1-26H. The lowest BCUT2D eigenvalue weighted by Gasteiger charge is -2.42. The molecule has 0 bridgehead atoms. The lowest BCUT2D eigenvalue weighted by atomic mass is 9.34. The molecule has 7 aromatic rings. The molecule has 0 N–H and O–H groups in total. The van der Waals surface area contributed by atoms with Crippen LogP contribution in [0, 0.1) is 22.7 Å². The normalized spacial score (nSPS) is 12.1. The van der Waals surface area contributed by atoms with E-state index in [1.54, 1.807) is 6.07 Å². The highest BCUT2D eigenvalue weighted by molar-refractivity contribution is 6.99. The molecule has 2 aliphatic heterocycles. The third-order valence-electron chi connectivity index (χ3n) is 9.60. The largest absolute Gasteiger partial charge is 0.457 e. The number of nitrogens with zero attached hydrogens (tertiary/aromatic N) is 3. The Labute approximate surface area is 285 Å². The van der Waals surface area contributed by atoms with E-state index in [1.807, 2.05) is 54.6 Å². The van der Waals surface area contributed by atoms with Gasteiger partial charge >= 0.3 is 0 Å². The molecule has 226 valence electrons. The van der Waals surface area contributed by atoms with Crippen LogP contribution in [0.2, 0.25) is 0 Å². The van der Waals surface area contributed by atoms with Crippen LogP contribution >= 0.6 is 0 Å². The second-order valence-corrected chi connectivity index (χ2v) is 12.3. The van der Waals surface area contributed by atoms with Crippen molar-refractivity contribution >= 4 is 40.2 Å². The predicted molar refractivity (Wildman–Crippen MR) is 198 cm³/mol. The van der Waals surface area contributed by atoms with E-state index in [0.29, 0.717) is 22.6 Å². The maximum Gasteiger partial charge on any atom is 0.256 e. The van der Waals surface area contributed by atoms with Gasteiger partial charge in [-0.3, -0.25) is 0 Å². The monoisotopic (exact) mass is 623 g/mol. The van der Waals surface area contributed by atoms with E-state index in [4.69, 9.17) is 4.74 Å². The number of nitriles is 2. The molecule has 2 aliphatic rings. The number of benzene rings is 7. The molecule has 5 heteroatoms. The number of rotatable bonds is 4. The smallest absolute Gasteiger partial charge is 0.256 e. The Morgan fingerprint density at radius 2 is 1.04 bits per heavy atom. The van der Waals surface area contributed by atoms with Crippen molar-refractivity contribution in [2.75, 3.05) is 4.90 Å². The van der Waals surface area contributed by atoms with Gasteiger partial charge in [-0.05, 0) is 62.9 Å². The number of ether oxygens (including phenoxy) is 1. The second-order valence-electron chi connectivity index (χ2n) is 12.3. The van der Waals surface area contributed by atoms with Crippen LogP contribution in [0.5, 0.6) is 11.5 Å². The van der Waals surface area contributed by atoms with Crippen LogP contribution in [-0.4, -0.2) is 6.71 Å². The molecule has 0 amide bonds. The summed E-state index contributed by atoms with van der Waals surface area (Å²) in [5.41, 5.74) is 13.0. The fraction of sp³-hybridized carbons (Fsp3) is 0. The first-order valence-corrected chi connectivity index (χ1v) is 16.3. The Kier molecular flexibility index (Phi) is 6.64. The fourth-order valence-corrected chi connectivity index (χ4v) is 7.51. The van der Waals surface area contributed by atoms with E-state index in [0.717, 1.165) is 66.8 Å². The van der Waals surface area contributed by atoms with Crippen LogP contribution in [-0.2, 0) is 0 Å². The zero-order valence-corrected chi connectivity index (χ0v) is 26.3. The average molecular weight is 624 g/mol. The van der Waals surface area contributed by atoms with Crippen molar-refractivity contribution in [3.05, 3.63) is 169 Å². The maximum absolute atomic E-state index is 10.8. The molecule has 2 heterocycles. The van der Waals surface area contributed by atoms with Crippen LogP contribution in [0.3, 0.4) is 0 Å². The molecule has 0 fully saturated rings. The summed E-state index contributed by atoms with van der Waals surface area (Å²) in [4.78, 5) is 2.29. The van der Waals surface area contributed by atoms with Crippen molar-refractivity contribution < 1.29 is 4.74 Å². The first kappa shape index (κ1) is 28.4. The number of hydrogen-bond acceptors (Lipinski definition) is 4. The summed E-state index contributed by atoms with van der Waals surface area (Å²) in [5.74, 6) is 1.27. The van der Waals surface area contributed by atoms with Crippen LogP contribution in [0.4, 0.5) is 17.1 Å². The van der Waals surface area contributed by atoms with Crippen molar-refractivity contribution in [1.29, 1.82) is 10.5 Å². The molecule has 7 aromatic carbocycles. The van der Waals surface area contributed by atoms with Gasteiger partial charge in [-0.25, -0.2) is 0 Å². The van der Waals surface area contributed by atoms with Gasteiger partial charge in [0.15, 0.2) is 0 Å². The van der Waals surface area contributed by atoms with Gasteiger partial charge < -0.3 is 9.64 Å². The van der Waals surface area contributed by atoms with Gasteiger partial charge in [0.1, 0.15) is 23.6 Å². The Bertz CT molecular complexity index is 2440. The minimum Gasteiger partial charge on any atom is -0.457 e. The molecule has 0 radical (unpaired) electrons. The van der Waals surface area contributed by atoms with E-state index in [1.165, 1.54) is 0 Å². The summed E-state index contributed by atoms with van der Waals surface area (Å²) in [7, 11) is 0. The number of anilines is 3. The molecule has 0 spiro atoms. The highest BCUT2D eigenvalue weighted by Crippen LogP contribution is 2.50. The Morgan fingerprint density at radius 1 is 0.490 bits per heavy atom. The van der Waals surface area contributed by atoms with E-state index in [-0.39, 0.29) is 6.71 Å². The highest BCUT2D eigenvalue weighted by atomic mass is 16.5.